The SMILES string of the molecule is CC.CC.Cc1ccc2cc[nH]c2c1. The van der Waals surface area contributed by atoms with Gasteiger partial charge in [0.2, 0.25) is 0 Å². The van der Waals surface area contributed by atoms with Gasteiger partial charge in [-0.25, -0.2) is 0 Å². The van der Waals surface area contributed by atoms with Crippen LogP contribution in [0.15, 0.2) is 30.5 Å². The summed E-state index contributed by atoms with van der Waals surface area (Å²) in [7, 11) is 0. The molecule has 1 heteroatoms. The van der Waals surface area contributed by atoms with E-state index in [9.17, 15) is 0 Å². The molecule has 0 spiro atoms. The zero-order valence-electron chi connectivity index (χ0n) is 9.89. The lowest BCUT2D eigenvalue weighted by atomic mass is 10.2. The van der Waals surface area contributed by atoms with Gasteiger partial charge in [-0.15, -0.1) is 0 Å². The highest BCUT2D eigenvalue weighted by Crippen LogP contribution is 2.12. The van der Waals surface area contributed by atoms with Crippen LogP contribution in [0.4, 0.5) is 0 Å². The van der Waals surface area contributed by atoms with Crippen LogP contribution < -0.4 is 0 Å². The number of benzene rings is 1. The Morgan fingerprint density at radius 3 is 2.21 bits per heavy atom. The highest BCUT2D eigenvalue weighted by Gasteiger charge is 1.90. The molecule has 0 aliphatic carbocycles. The van der Waals surface area contributed by atoms with E-state index < -0.39 is 0 Å². The Labute approximate surface area is 87.2 Å². The van der Waals surface area contributed by atoms with Crippen LogP contribution in [0.2, 0.25) is 0 Å². The molecule has 0 radical (unpaired) electrons. The lowest BCUT2D eigenvalue weighted by Gasteiger charge is -1.90. The Morgan fingerprint density at radius 1 is 0.929 bits per heavy atom. The molecule has 0 aliphatic rings. The fourth-order valence-corrected chi connectivity index (χ4v) is 1.16. The number of aromatic nitrogens is 1. The first-order valence-electron chi connectivity index (χ1n) is 5.40. The zero-order chi connectivity index (χ0) is 11.0. The van der Waals surface area contributed by atoms with Gasteiger partial charge in [0.25, 0.3) is 0 Å². The second-order valence-electron chi connectivity index (χ2n) is 2.57. The van der Waals surface area contributed by atoms with E-state index in [1.54, 1.807) is 0 Å². The molecule has 0 atom stereocenters. The largest absolute Gasteiger partial charge is 0.361 e. The number of nitrogens with one attached hydrogen (secondary N) is 1. The van der Waals surface area contributed by atoms with E-state index in [0.29, 0.717) is 0 Å². The van der Waals surface area contributed by atoms with Crippen LogP contribution in [-0.2, 0) is 0 Å². The van der Waals surface area contributed by atoms with Crippen LogP contribution in [0, 0.1) is 6.92 Å². The summed E-state index contributed by atoms with van der Waals surface area (Å²) >= 11 is 0. The van der Waals surface area contributed by atoms with Crippen LogP contribution >= 0.6 is 0 Å². The normalized spacial score (nSPS) is 8.36. The van der Waals surface area contributed by atoms with E-state index in [0.717, 1.165) is 0 Å². The second kappa shape index (κ2) is 7.19. The van der Waals surface area contributed by atoms with Crippen molar-refractivity contribution in [1.29, 1.82) is 0 Å². The summed E-state index contributed by atoms with van der Waals surface area (Å²) in [5.74, 6) is 0. The molecular formula is C13H21N. The van der Waals surface area contributed by atoms with Crippen molar-refractivity contribution in [2.24, 2.45) is 0 Å². The lowest BCUT2D eigenvalue weighted by molar-refractivity contribution is 1.44. The van der Waals surface area contributed by atoms with Gasteiger partial charge in [0.15, 0.2) is 0 Å². The van der Waals surface area contributed by atoms with E-state index in [4.69, 9.17) is 0 Å². The van der Waals surface area contributed by atoms with Gasteiger partial charge in [0.1, 0.15) is 0 Å². The van der Waals surface area contributed by atoms with Gasteiger partial charge in [-0.05, 0) is 30.0 Å². The van der Waals surface area contributed by atoms with Gasteiger partial charge in [-0.2, -0.15) is 0 Å². The van der Waals surface area contributed by atoms with Gasteiger partial charge in [-0.3, -0.25) is 0 Å². The minimum atomic E-state index is 1.22. The summed E-state index contributed by atoms with van der Waals surface area (Å²) in [6.45, 7) is 10.1. The molecule has 1 aromatic heterocycles. The smallest absolute Gasteiger partial charge is 0.0456 e. The number of rotatable bonds is 0. The molecule has 1 N–H and O–H groups in total. The molecular weight excluding hydrogens is 170 g/mol. The molecule has 0 unspecified atom stereocenters. The molecule has 0 fully saturated rings. The summed E-state index contributed by atoms with van der Waals surface area (Å²) in [4.78, 5) is 3.16. The topological polar surface area (TPSA) is 15.8 Å². The number of H-pyrrole nitrogens is 1. The first-order chi connectivity index (χ1) is 6.86. The number of hydrogen-bond acceptors (Lipinski definition) is 0. The van der Waals surface area contributed by atoms with Crippen LogP contribution in [0.3, 0.4) is 0 Å². The second-order valence-corrected chi connectivity index (χ2v) is 2.57. The monoisotopic (exact) mass is 191 g/mol. The molecule has 2 aromatic rings. The van der Waals surface area contributed by atoms with Crippen molar-refractivity contribution in [1.82, 2.24) is 4.98 Å². The molecule has 78 valence electrons. The van der Waals surface area contributed by atoms with Crippen molar-refractivity contribution in [2.45, 2.75) is 34.6 Å². The van der Waals surface area contributed by atoms with Gasteiger partial charge >= 0.3 is 0 Å². The molecule has 14 heavy (non-hydrogen) atoms. The van der Waals surface area contributed by atoms with E-state index in [1.165, 1.54) is 16.5 Å². The summed E-state index contributed by atoms with van der Waals surface area (Å²) in [6, 6.07) is 8.47. The third-order valence-corrected chi connectivity index (χ3v) is 1.71. The Morgan fingerprint density at radius 2 is 1.57 bits per heavy atom. The maximum Gasteiger partial charge on any atom is 0.0456 e. The molecule has 0 bridgehead atoms. The van der Waals surface area contributed by atoms with Crippen molar-refractivity contribution in [3.05, 3.63) is 36.0 Å². The summed E-state index contributed by atoms with van der Waals surface area (Å²) in [5.41, 5.74) is 2.52. The Kier molecular flexibility index (Phi) is 6.55. The predicted octanol–water partition coefficient (Wildman–Crippen LogP) is 4.53. The molecule has 1 heterocycles. The minimum absolute atomic E-state index is 1.22. The van der Waals surface area contributed by atoms with Crippen molar-refractivity contribution in [3.63, 3.8) is 0 Å². The molecule has 0 aliphatic heterocycles. The number of aromatic amines is 1. The zero-order valence-corrected chi connectivity index (χ0v) is 9.89. The Bertz CT molecular complexity index is 347. The molecule has 1 nitrogen and oxygen atoms in total. The van der Waals surface area contributed by atoms with Gasteiger partial charge in [0, 0.05) is 11.7 Å². The third-order valence-electron chi connectivity index (χ3n) is 1.71. The van der Waals surface area contributed by atoms with Crippen molar-refractivity contribution in [2.75, 3.05) is 0 Å². The fourth-order valence-electron chi connectivity index (χ4n) is 1.16. The average Bonchev–Trinajstić information content (AvgIpc) is 2.71. The maximum absolute atomic E-state index is 3.16. The first-order valence-corrected chi connectivity index (χ1v) is 5.40. The van der Waals surface area contributed by atoms with E-state index in [-0.39, 0.29) is 0 Å². The third kappa shape index (κ3) is 3.25. The van der Waals surface area contributed by atoms with Crippen molar-refractivity contribution in [3.8, 4) is 0 Å². The molecule has 0 saturated carbocycles. The predicted molar refractivity (Wildman–Crippen MR) is 65.7 cm³/mol. The average molecular weight is 191 g/mol. The Hall–Kier alpha value is -1.24. The van der Waals surface area contributed by atoms with Crippen LogP contribution in [0.5, 0.6) is 0 Å². The van der Waals surface area contributed by atoms with Crippen LogP contribution in [0.25, 0.3) is 10.9 Å². The standard InChI is InChI=1S/C9H9N.2C2H6/c1-7-2-3-8-4-5-10-9(8)6-7;2*1-2/h2-6,10H,1H3;2*1-2H3. The van der Waals surface area contributed by atoms with Gasteiger partial charge in [-0.1, -0.05) is 39.8 Å². The number of fused-ring (bicyclic) bond motifs is 1. The Balaban J connectivity index is 0.000000379. The van der Waals surface area contributed by atoms with Crippen molar-refractivity contribution >= 4 is 10.9 Å². The quantitative estimate of drug-likeness (QED) is 0.629. The van der Waals surface area contributed by atoms with E-state index in [1.807, 2.05) is 33.9 Å². The summed E-state index contributed by atoms with van der Waals surface area (Å²) in [6.07, 6.45) is 1.96. The fraction of sp³-hybridized carbons (Fsp3) is 0.385. The van der Waals surface area contributed by atoms with E-state index in [2.05, 4.69) is 36.2 Å². The van der Waals surface area contributed by atoms with E-state index >= 15 is 0 Å². The van der Waals surface area contributed by atoms with Crippen LogP contribution in [-0.4, -0.2) is 4.98 Å². The molecule has 1 aromatic carbocycles. The van der Waals surface area contributed by atoms with Crippen molar-refractivity contribution < 1.29 is 0 Å². The first kappa shape index (κ1) is 12.8. The van der Waals surface area contributed by atoms with Crippen LogP contribution in [0.1, 0.15) is 33.3 Å². The highest BCUT2D eigenvalue weighted by molar-refractivity contribution is 5.79. The highest BCUT2D eigenvalue weighted by atomic mass is 14.7. The summed E-state index contributed by atoms with van der Waals surface area (Å²) in [5, 5.41) is 1.28. The molecule has 2 rings (SSSR count). The molecule has 0 saturated heterocycles. The maximum atomic E-state index is 3.16. The number of aryl methyl sites for hydroxylation is 1. The van der Waals surface area contributed by atoms with Gasteiger partial charge < -0.3 is 4.98 Å². The number of hydrogen-bond donors (Lipinski definition) is 1. The lowest BCUT2D eigenvalue weighted by Crippen LogP contribution is -1.70. The minimum Gasteiger partial charge on any atom is -0.361 e. The summed E-state index contributed by atoms with van der Waals surface area (Å²) < 4.78 is 0. The van der Waals surface area contributed by atoms with Gasteiger partial charge in [0.05, 0.1) is 0 Å². The molecule has 0 amide bonds.